The molecule has 0 aliphatic heterocycles. The number of halogens is 2. The molecule has 0 nitrogen and oxygen atoms in total. The maximum Gasteiger partial charge on any atom is -0.0166 e. The van der Waals surface area contributed by atoms with Gasteiger partial charge in [0.1, 0.15) is 0 Å². The van der Waals surface area contributed by atoms with E-state index in [4.69, 9.17) is 0 Å². The van der Waals surface area contributed by atoms with Gasteiger partial charge in [-0.3, -0.25) is 0 Å². The topological polar surface area (TPSA) is 0 Å². The molecule has 0 aromatic heterocycles. The Balaban J connectivity index is 0. The minimum Gasteiger partial charge on any atom is -0.147 e. The van der Waals surface area contributed by atoms with Gasteiger partial charge >= 0.3 is 0 Å². The van der Waals surface area contributed by atoms with Gasteiger partial charge in [0.2, 0.25) is 0 Å². The molecule has 0 aliphatic rings. The van der Waals surface area contributed by atoms with E-state index in [1.54, 1.807) is 0 Å². The van der Waals surface area contributed by atoms with Crippen LogP contribution in [0.15, 0.2) is 18.2 Å². The highest BCUT2D eigenvalue weighted by molar-refractivity contribution is 8.93. The van der Waals surface area contributed by atoms with E-state index in [2.05, 4.69) is 52.8 Å². The summed E-state index contributed by atoms with van der Waals surface area (Å²) >= 11 is 0. The highest BCUT2D eigenvalue weighted by Gasteiger charge is 2.10. The molecule has 3 heteroatoms. The van der Waals surface area contributed by atoms with Crippen LogP contribution in [0.25, 0.3) is 0 Å². The molecule has 1 aromatic carbocycles. The van der Waals surface area contributed by atoms with Gasteiger partial charge in [-0.25, -0.2) is 0 Å². The lowest BCUT2D eigenvalue weighted by Gasteiger charge is -2.18. The summed E-state index contributed by atoms with van der Waals surface area (Å²) in [5.41, 5.74) is 2.76. The zero-order chi connectivity index (χ0) is 10.1. The fourth-order valence-electron chi connectivity index (χ4n) is 1.48. The molecule has 0 N–H and O–H groups in total. The first-order chi connectivity index (χ1) is 5.87. The Labute approximate surface area is 112 Å². The molecule has 0 saturated heterocycles. The van der Waals surface area contributed by atoms with Crippen LogP contribution in [0.1, 0.15) is 31.9 Å². The SMILES string of the molecule is Br.Cc1cc(C)cc(PC(C)(C)C)c1.Cl. The molecule has 0 heterocycles. The molecule has 1 unspecified atom stereocenters. The molecule has 1 aromatic rings. The summed E-state index contributed by atoms with van der Waals surface area (Å²) in [4.78, 5) is 0. The van der Waals surface area contributed by atoms with Crippen LogP contribution in [0, 0.1) is 13.8 Å². The monoisotopic (exact) mass is 310 g/mol. The van der Waals surface area contributed by atoms with Gasteiger partial charge in [-0.1, -0.05) is 58.7 Å². The zero-order valence-electron chi connectivity index (χ0n) is 10.0. The van der Waals surface area contributed by atoms with Crippen LogP contribution in [0.3, 0.4) is 0 Å². The second kappa shape index (κ2) is 6.89. The lowest BCUT2D eigenvalue weighted by atomic mass is 10.2. The van der Waals surface area contributed by atoms with Crippen LogP contribution in [0.2, 0.25) is 0 Å². The van der Waals surface area contributed by atoms with Gasteiger partial charge in [0.25, 0.3) is 0 Å². The van der Waals surface area contributed by atoms with Crippen molar-refractivity contribution in [2.45, 2.75) is 39.8 Å². The fraction of sp³-hybridized carbons (Fsp3) is 0.500. The molecule has 1 atom stereocenters. The van der Waals surface area contributed by atoms with Gasteiger partial charge in [-0.2, -0.15) is 0 Å². The zero-order valence-corrected chi connectivity index (χ0v) is 13.6. The van der Waals surface area contributed by atoms with Crippen molar-refractivity contribution in [3.05, 3.63) is 29.3 Å². The van der Waals surface area contributed by atoms with Gasteiger partial charge in [-0.05, 0) is 24.3 Å². The van der Waals surface area contributed by atoms with E-state index >= 15 is 0 Å². The van der Waals surface area contributed by atoms with Crippen LogP contribution in [-0.2, 0) is 0 Å². The number of hydrogen-bond acceptors (Lipinski definition) is 0. The molecule has 15 heavy (non-hydrogen) atoms. The van der Waals surface area contributed by atoms with Crippen LogP contribution in [-0.4, -0.2) is 5.16 Å². The summed E-state index contributed by atoms with van der Waals surface area (Å²) in [5.74, 6) is 0. The molecule has 0 bridgehead atoms. The molecular weight excluding hydrogens is 290 g/mol. The van der Waals surface area contributed by atoms with Crippen molar-refractivity contribution in [3.63, 3.8) is 0 Å². The number of benzene rings is 1. The first-order valence-corrected chi connectivity index (χ1v) is 5.73. The Morgan fingerprint density at radius 1 is 0.933 bits per heavy atom. The van der Waals surface area contributed by atoms with Crippen LogP contribution < -0.4 is 5.30 Å². The minimum absolute atomic E-state index is 0. The van der Waals surface area contributed by atoms with Crippen molar-refractivity contribution in [1.82, 2.24) is 0 Å². The lowest BCUT2D eigenvalue weighted by molar-refractivity contribution is 0.799. The molecule has 0 aliphatic carbocycles. The molecule has 88 valence electrons. The molecule has 0 amide bonds. The summed E-state index contributed by atoms with van der Waals surface area (Å²) < 4.78 is 0. The van der Waals surface area contributed by atoms with Crippen molar-refractivity contribution in [3.8, 4) is 0 Å². The molecule has 0 radical (unpaired) electrons. The van der Waals surface area contributed by atoms with Crippen LogP contribution in [0.4, 0.5) is 0 Å². The van der Waals surface area contributed by atoms with Gasteiger partial charge in [0, 0.05) is 0 Å². The summed E-state index contributed by atoms with van der Waals surface area (Å²) in [6.45, 7) is 11.2. The van der Waals surface area contributed by atoms with Crippen LogP contribution in [0.5, 0.6) is 0 Å². The Kier molecular flexibility index (Phi) is 8.17. The predicted molar refractivity (Wildman–Crippen MR) is 81.2 cm³/mol. The second-order valence-corrected chi connectivity index (χ2v) is 7.08. The van der Waals surface area contributed by atoms with Crippen LogP contribution >= 0.6 is 38.0 Å². The Bertz CT molecular complexity index is 285. The van der Waals surface area contributed by atoms with Gasteiger partial charge < -0.3 is 0 Å². The van der Waals surface area contributed by atoms with E-state index in [1.165, 1.54) is 16.4 Å². The van der Waals surface area contributed by atoms with E-state index in [-0.39, 0.29) is 29.4 Å². The highest BCUT2D eigenvalue weighted by atomic mass is 79.9. The van der Waals surface area contributed by atoms with E-state index in [1.807, 2.05) is 0 Å². The summed E-state index contributed by atoms with van der Waals surface area (Å²) in [6.07, 6.45) is 0. The first kappa shape index (κ1) is 17.8. The van der Waals surface area contributed by atoms with Crippen molar-refractivity contribution < 1.29 is 0 Å². The average molecular weight is 312 g/mol. The Morgan fingerprint density at radius 2 is 1.33 bits per heavy atom. The normalized spacial score (nSPS) is 11.0. The maximum atomic E-state index is 2.30. The van der Waals surface area contributed by atoms with Gasteiger partial charge in [0.05, 0.1) is 0 Å². The van der Waals surface area contributed by atoms with E-state index in [9.17, 15) is 0 Å². The van der Waals surface area contributed by atoms with Crippen molar-refractivity contribution in [2.24, 2.45) is 0 Å². The highest BCUT2D eigenvalue weighted by Crippen LogP contribution is 2.29. The van der Waals surface area contributed by atoms with E-state index < -0.39 is 0 Å². The first-order valence-electron chi connectivity index (χ1n) is 4.73. The molecule has 0 saturated carbocycles. The van der Waals surface area contributed by atoms with Crippen molar-refractivity contribution in [2.75, 3.05) is 0 Å². The molecule has 1 rings (SSSR count). The number of aryl methyl sites for hydroxylation is 2. The lowest BCUT2D eigenvalue weighted by Crippen LogP contribution is -2.11. The quantitative estimate of drug-likeness (QED) is 0.674. The third-order valence-electron chi connectivity index (χ3n) is 1.74. The largest absolute Gasteiger partial charge is 0.147 e. The maximum absolute atomic E-state index is 2.30. The second-order valence-electron chi connectivity index (χ2n) is 4.75. The third-order valence-corrected chi connectivity index (χ3v) is 3.07. The Hall–Kier alpha value is 0.420. The molecule has 0 spiro atoms. The van der Waals surface area contributed by atoms with Crippen molar-refractivity contribution >= 4 is 43.3 Å². The Morgan fingerprint density at radius 3 is 1.67 bits per heavy atom. The van der Waals surface area contributed by atoms with E-state index in [0.717, 1.165) is 8.58 Å². The van der Waals surface area contributed by atoms with Gasteiger partial charge in [-0.15, -0.1) is 29.4 Å². The van der Waals surface area contributed by atoms with E-state index in [0.29, 0.717) is 5.16 Å². The summed E-state index contributed by atoms with van der Waals surface area (Å²) in [6, 6.07) is 6.84. The summed E-state index contributed by atoms with van der Waals surface area (Å²) in [5, 5.41) is 1.91. The third kappa shape index (κ3) is 7.33. The average Bonchev–Trinajstić information content (AvgIpc) is 1.78. The smallest absolute Gasteiger partial charge is 0.0166 e. The minimum atomic E-state index is 0. The van der Waals surface area contributed by atoms with Crippen molar-refractivity contribution in [1.29, 1.82) is 0 Å². The van der Waals surface area contributed by atoms with Gasteiger partial charge in [0.15, 0.2) is 0 Å². The molecular formula is C12H21BrClP. The fourth-order valence-corrected chi connectivity index (χ4v) is 2.95. The standard InChI is InChI=1S/C12H19P.BrH.ClH/c1-9-6-10(2)8-11(7-9)13-12(3,4)5;;/h6-8,13H,1-5H3;2*1H. The summed E-state index contributed by atoms with van der Waals surface area (Å²) in [7, 11) is 0.907. The predicted octanol–water partition coefficient (Wildman–Crippen LogP) is 4.41. The number of hydrogen-bond donors (Lipinski definition) is 0. The number of rotatable bonds is 1. The molecule has 0 fully saturated rings.